The highest BCUT2D eigenvalue weighted by Gasteiger charge is 2.26. The van der Waals surface area contributed by atoms with Crippen LogP contribution in [0.1, 0.15) is 24.5 Å². The third kappa shape index (κ3) is 3.97. The van der Waals surface area contributed by atoms with Crippen LogP contribution in [0.25, 0.3) is 5.57 Å². The van der Waals surface area contributed by atoms with Crippen molar-refractivity contribution < 1.29 is 4.79 Å². The van der Waals surface area contributed by atoms with E-state index in [1.54, 1.807) is 6.07 Å². The Kier molecular flexibility index (Phi) is 5.15. The number of aliphatic imine (C=N–C) groups is 1. The van der Waals surface area contributed by atoms with E-state index in [0.717, 1.165) is 47.7 Å². The predicted octanol–water partition coefficient (Wildman–Crippen LogP) is 3.37. The first kappa shape index (κ1) is 19.9. The molecular weight excluding hydrogens is 400 g/mol. The standard InChI is InChI=1S/C25H26N6O/c1-15(24-20-13-17(26)4-7-21(20)31-25(24)32)29-18-5-2-16(3-6-18)12-19-14-28-22-8-10-27-11-9-23(22)30-19/h2-8,10-11,13,19,28-30H,9,12,14,26H2,1H3,(H,31,32)/b24-15-. The molecule has 0 saturated heterocycles. The van der Waals surface area contributed by atoms with Crippen LogP contribution in [0.3, 0.4) is 0 Å². The van der Waals surface area contributed by atoms with Crippen molar-refractivity contribution in [2.75, 3.05) is 22.9 Å². The van der Waals surface area contributed by atoms with Gasteiger partial charge in [0.1, 0.15) is 0 Å². The normalized spacial score (nSPS) is 20.5. The molecule has 162 valence electrons. The second kappa shape index (κ2) is 8.26. The highest BCUT2D eigenvalue weighted by Crippen LogP contribution is 2.35. The van der Waals surface area contributed by atoms with E-state index in [4.69, 9.17) is 5.73 Å². The SMILES string of the molecule is C/C(Nc1ccc(CC2CNC3=C(CC=NC=C3)N2)cc1)=C1/C(=O)Nc2ccc(N)cc21. The van der Waals surface area contributed by atoms with Gasteiger partial charge in [-0.25, -0.2) is 0 Å². The Balaban J connectivity index is 1.27. The van der Waals surface area contributed by atoms with E-state index in [-0.39, 0.29) is 5.91 Å². The molecule has 3 aliphatic rings. The molecule has 7 heteroatoms. The number of hydrogen-bond donors (Lipinski definition) is 5. The summed E-state index contributed by atoms with van der Waals surface area (Å²) in [7, 11) is 0. The fourth-order valence-electron chi connectivity index (χ4n) is 4.33. The number of benzene rings is 2. The summed E-state index contributed by atoms with van der Waals surface area (Å²) >= 11 is 0. The van der Waals surface area contributed by atoms with Gasteiger partial charge in [-0.15, -0.1) is 0 Å². The number of allylic oxidation sites excluding steroid dienone is 3. The lowest BCUT2D eigenvalue weighted by atomic mass is 10.0. The van der Waals surface area contributed by atoms with Gasteiger partial charge < -0.3 is 27.0 Å². The number of nitrogen functional groups attached to an aromatic ring is 1. The number of rotatable bonds is 4. The van der Waals surface area contributed by atoms with Crippen LogP contribution in [0.4, 0.5) is 17.1 Å². The lowest BCUT2D eigenvalue weighted by Gasteiger charge is -2.29. The van der Waals surface area contributed by atoms with Crippen molar-refractivity contribution in [3.8, 4) is 0 Å². The van der Waals surface area contributed by atoms with Crippen LogP contribution in [0.2, 0.25) is 0 Å². The summed E-state index contributed by atoms with van der Waals surface area (Å²) in [5.74, 6) is -0.116. The molecule has 0 bridgehead atoms. The van der Waals surface area contributed by atoms with Crippen LogP contribution in [0.5, 0.6) is 0 Å². The number of fused-ring (bicyclic) bond motifs is 1. The number of nitrogens with two attached hydrogens (primary N) is 1. The zero-order valence-corrected chi connectivity index (χ0v) is 17.9. The molecule has 3 heterocycles. The molecule has 5 rings (SSSR count). The van der Waals surface area contributed by atoms with Gasteiger partial charge in [0, 0.05) is 65.4 Å². The Labute approximate surface area is 187 Å². The van der Waals surface area contributed by atoms with Crippen molar-refractivity contribution in [2.45, 2.75) is 25.8 Å². The summed E-state index contributed by atoms with van der Waals surface area (Å²) in [6.45, 7) is 2.78. The zero-order chi connectivity index (χ0) is 22.1. The molecule has 0 aliphatic carbocycles. The summed E-state index contributed by atoms with van der Waals surface area (Å²) in [5.41, 5.74) is 14.1. The summed E-state index contributed by atoms with van der Waals surface area (Å²) in [5, 5.41) is 13.4. The van der Waals surface area contributed by atoms with Crippen molar-refractivity contribution in [3.63, 3.8) is 0 Å². The minimum Gasteiger partial charge on any atom is -0.399 e. The number of hydrogen-bond acceptors (Lipinski definition) is 6. The van der Waals surface area contributed by atoms with Crippen LogP contribution >= 0.6 is 0 Å². The van der Waals surface area contributed by atoms with Crippen LogP contribution < -0.4 is 27.0 Å². The van der Waals surface area contributed by atoms with Crippen molar-refractivity contribution in [2.24, 2.45) is 4.99 Å². The van der Waals surface area contributed by atoms with E-state index in [0.29, 0.717) is 17.3 Å². The smallest absolute Gasteiger partial charge is 0.258 e. The molecule has 6 N–H and O–H groups in total. The van der Waals surface area contributed by atoms with Crippen molar-refractivity contribution in [1.82, 2.24) is 10.6 Å². The third-order valence-corrected chi connectivity index (χ3v) is 5.90. The predicted molar refractivity (Wildman–Crippen MR) is 130 cm³/mol. The van der Waals surface area contributed by atoms with Crippen LogP contribution in [-0.4, -0.2) is 24.7 Å². The Hall–Kier alpha value is -4.00. The molecule has 3 aliphatic heterocycles. The molecule has 1 atom stereocenters. The van der Waals surface area contributed by atoms with Crippen molar-refractivity contribution in [3.05, 3.63) is 83.0 Å². The molecule has 0 fully saturated rings. The molecule has 1 unspecified atom stereocenters. The van der Waals surface area contributed by atoms with Gasteiger partial charge in [-0.3, -0.25) is 9.79 Å². The number of carbonyl (C=O) groups excluding carboxylic acids is 1. The summed E-state index contributed by atoms with van der Waals surface area (Å²) in [6, 6.07) is 14.1. The molecule has 2 aromatic rings. The van der Waals surface area contributed by atoms with Crippen LogP contribution in [0.15, 0.2) is 76.8 Å². The first-order chi connectivity index (χ1) is 15.6. The largest absolute Gasteiger partial charge is 0.399 e. The molecule has 0 spiro atoms. The minimum absolute atomic E-state index is 0.116. The molecule has 32 heavy (non-hydrogen) atoms. The second-order valence-corrected chi connectivity index (χ2v) is 8.25. The van der Waals surface area contributed by atoms with Gasteiger partial charge in [-0.05, 0) is 55.3 Å². The first-order valence-electron chi connectivity index (χ1n) is 10.8. The summed E-state index contributed by atoms with van der Waals surface area (Å²) in [6.07, 6.45) is 7.48. The molecule has 2 aromatic carbocycles. The Morgan fingerprint density at radius 3 is 2.91 bits per heavy atom. The van der Waals surface area contributed by atoms with Gasteiger partial charge in [0.05, 0.1) is 11.3 Å². The van der Waals surface area contributed by atoms with Crippen molar-refractivity contribution >= 4 is 34.8 Å². The van der Waals surface area contributed by atoms with Crippen LogP contribution in [-0.2, 0) is 11.2 Å². The zero-order valence-electron chi connectivity index (χ0n) is 17.9. The lowest BCUT2D eigenvalue weighted by Crippen LogP contribution is -2.45. The minimum atomic E-state index is -0.116. The highest BCUT2D eigenvalue weighted by molar-refractivity contribution is 6.32. The van der Waals surface area contributed by atoms with E-state index in [9.17, 15) is 4.79 Å². The van der Waals surface area contributed by atoms with Crippen molar-refractivity contribution in [1.29, 1.82) is 0 Å². The quantitative estimate of drug-likeness (QED) is 0.381. The Bertz CT molecular complexity index is 1190. The molecular formula is C25H26N6O. The van der Waals surface area contributed by atoms with E-state index >= 15 is 0 Å². The number of carbonyl (C=O) groups is 1. The maximum absolute atomic E-state index is 12.5. The van der Waals surface area contributed by atoms with Gasteiger partial charge in [-0.1, -0.05) is 12.1 Å². The molecule has 0 aromatic heterocycles. The average molecular weight is 427 g/mol. The van der Waals surface area contributed by atoms with Gasteiger partial charge >= 0.3 is 0 Å². The van der Waals surface area contributed by atoms with Gasteiger partial charge in [-0.2, -0.15) is 0 Å². The monoisotopic (exact) mass is 426 g/mol. The van der Waals surface area contributed by atoms with Gasteiger partial charge in [0.15, 0.2) is 0 Å². The summed E-state index contributed by atoms with van der Waals surface area (Å²) in [4.78, 5) is 16.7. The number of anilines is 3. The van der Waals surface area contributed by atoms with E-state index < -0.39 is 0 Å². The maximum Gasteiger partial charge on any atom is 0.258 e. The van der Waals surface area contributed by atoms with Gasteiger partial charge in [0.25, 0.3) is 5.91 Å². The maximum atomic E-state index is 12.5. The van der Waals surface area contributed by atoms with E-state index in [1.165, 1.54) is 11.3 Å². The fourth-order valence-corrected chi connectivity index (χ4v) is 4.33. The molecule has 1 amide bonds. The highest BCUT2D eigenvalue weighted by atomic mass is 16.2. The third-order valence-electron chi connectivity index (χ3n) is 5.90. The number of nitrogens with zero attached hydrogens (tertiary/aromatic N) is 1. The first-order valence-corrected chi connectivity index (χ1v) is 10.8. The summed E-state index contributed by atoms with van der Waals surface area (Å²) < 4.78 is 0. The van der Waals surface area contributed by atoms with Crippen LogP contribution in [0, 0.1) is 0 Å². The second-order valence-electron chi connectivity index (χ2n) is 8.25. The van der Waals surface area contributed by atoms with Gasteiger partial charge in [0.2, 0.25) is 0 Å². The molecule has 0 radical (unpaired) electrons. The number of nitrogens with one attached hydrogen (secondary N) is 4. The molecule has 7 nitrogen and oxygen atoms in total. The Morgan fingerprint density at radius 1 is 1.22 bits per heavy atom. The lowest BCUT2D eigenvalue weighted by molar-refractivity contribution is -0.110. The van der Waals surface area contributed by atoms with E-state index in [1.807, 2.05) is 37.5 Å². The topological polar surface area (TPSA) is 104 Å². The Morgan fingerprint density at radius 2 is 2.06 bits per heavy atom. The fraction of sp³-hybridized carbons (Fsp3) is 0.200. The average Bonchev–Trinajstić information content (AvgIpc) is 2.94. The molecule has 0 saturated carbocycles. The number of amides is 1. The van der Waals surface area contributed by atoms with E-state index in [2.05, 4.69) is 50.5 Å².